The van der Waals surface area contributed by atoms with Gasteiger partial charge in [0.25, 0.3) is 10.0 Å². The summed E-state index contributed by atoms with van der Waals surface area (Å²) >= 11 is 1.37. The fraction of sp³-hybridized carbons (Fsp3) is 0.190. The molecule has 0 saturated heterocycles. The fourth-order valence-corrected chi connectivity index (χ4v) is 5.73. The number of carbonyl (C=O) groups excluding carboxylic acids is 1. The molecule has 0 fully saturated rings. The normalized spacial score (nSPS) is 14.7. The van der Waals surface area contributed by atoms with Crippen molar-refractivity contribution >= 4 is 37.5 Å². The molecule has 1 aliphatic heterocycles. The second kappa shape index (κ2) is 7.56. The van der Waals surface area contributed by atoms with Gasteiger partial charge in [0, 0.05) is 18.3 Å². The predicted octanol–water partition coefficient (Wildman–Crippen LogP) is 2.35. The predicted molar refractivity (Wildman–Crippen MR) is 115 cm³/mol. The Morgan fingerprint density at radius 1 is 1.16 bits per heavy atom. The maximum Gasteiger partial charge on any atom is 0.283 e. The second-order valence-electron chi connectivity index (χ2n) is 7.30. The van der Waals surface area contributed by atoms with Gasteiger partial charge in [0.1, 0.15) is 0 Å². The van der Waals surface area contributed by atoms with Crippen LogP contribution in [0.1, 0.15) is 22.7 Å². The largest absolute Gasteiger partial charge is 0.395 e. The van der Waals surface area contributed by atoms with Gasteiger partial charge in [-0.05, 0) is 23.8 Å². The van der Waals surface area contributed by atoms with Crippen molar-refractivity contribution in [1.29, 1.82) is 0 Å². The molecule has 1 atom stereocenters. The zero-order chi connectivity index (χ0) is 21.6. The number of rotatable bonds is 5. The third-order valence-corrected chi connectivity index (χ3v) is 7.72. The van der Waals surface area contributed by atoms with Gasteiger partial charge in [0.15, 0.2) is 0 Å². The molecule has 3 heterocycles. The standard InChI is InChI=1S/C21H18N4O4S2/c26-12-17(14-4-2-1-3-5-14)21(27)24-9-15-10-25(23-19(15)11-24)31(28,29)16-6-7-18-20(8-16)30-13-22-18/h1-8,10,13,17,26H,9,11-12H2/t17-/m0/s1. The summed E-state index contributed by atoms with van der Waals surface area (Å²) in [4.78, 5) is 18.9. The molecule has 0 radical (unpaired) electrons. The van der Waals surface area contributed by atoms with Gasteiger partial charge in [-0.15, -0.1) is 11.3 Å². The minimum atomic E-state index is -3.85. The number of hydrogen-bond acceptors (Lipinski definition) is 7. The summed E-state index contributed by atoms with van der Waals surface area (Å²) in [6.07, 6.45) is 1.46. The van der Waals surface area contributed by atoms with E-state index < -0.39 is 15.9 Å². The van der Waals surface area contributed by atoms with Gasteiger partial charge in [-0.2, -0.15) is 17.6 Å². The number of hydrogen-bond donors (Lipinski definition) is 1. The molecule has 158 valence electrons. The molecule has 1 aliphatic rings. The van der Waals surface area contributed by atoms with Gasteiger partial charge >= 0.3 is 0 Å². The van der Waals surface area contributed by atoms with Crippen LogP contribution < -0.4 is 0 Å². The van der Waals surface area contributed by atoms with Crippen LogP contribution in [0.2, 0.25) is 0 Å². The first-order valence-electron chi connectivity index (χ1n) is 9.58. The zero-order valence-electron chi connectivity index (χ0n) is 16.2. The number of aliphatic hydroxyl groups excluding tert-OH is 1. The van der Waals surface area contributed by atoms with Crippen LogP contribution >= 0.6 is 11.3 Å². The lowest BCUT2D eigenvalue weighted by Crippen LogP contribution is -2.33. The molecular weight excluding hydrogens is 436 g/mol. The quantitative estimate of drug-likeness (QED) is 0.496. The average molecular weight is 455 g/mol. The number of aromatic nitrogens is 3. The molecule has 0 spiro atoms. The highest BCUT2D eigenvalue weighted by molar-refractivity contribution is 7.89. The monoisotopic (exact) mass is 454 g/mol. The van der Waals surface area contributed by atoms with E-state index in [-0.39, 0.29) is 30.5 Å². The molecule has 0 aliphatic carbocycles. The molecule has 31 heavy (non-hydrogen) atoms. The van der Waals surface area contributed by atoms with Crippen LogP contribution in [0.4, 0.5) is 0 Å². The summed E-state index contributed by atoms with van der Waals surface area (Å²) in [6.45, 7) is 0.153. The fourth-order valence-electron chi connectivity index (χ4n) is 3.74. The van der Waals surface area contributed by atoms with E-state index >= 15 is 0 Å². The molecular formula is C21H18N4O4S2. The van der Waals surface area contributed by atoms with E-state index in [2.05, 4.69) is 10.1 Å². The first kappa shape index (κ1) is 19.9. The number of fused-ring (bicyclic) bond motifs is 2. The Hall–Kier alpha value is -3.08. The summed E-state index contributed by atoms with van der Waals surface area (Å²) in [5, 5.41) is 14.0. The highest BCUT2D eigenvalue weighted by Crippen LogP contribution is 2.28. The molecule has 2 aromatic heterocycles. The Morgan fingerprint density at radius 2 is 1.97 bits per heavy atom. The Bertz CT molecular complexity index is 1360. The molecule has 10 heteroatoms. The van der Waals surface area contributed by atoms with Crippen molar-refractivity contribution in [3.8, 4) is 0 Å². The van der Waals surface area contributed by atoms with E-state index in [1.807, 2.05) is 18.2 Å². The van der Waals surface area contributed by atoms with Crippen LogP contribution in [0.5, 0.6) is 0 Å². The number of benzene rings is 2. The Balaban J connectivity index is 1.38. The maximum atomic E-state index is 13.0. The maximum absolute atomic E-state index is 13.0. The lowest BCUT2D eigenvalue weighted by molar-refractivity contribution is -0.134. The van der Waals surface area contributed by atoms with Gasteiger partial charge in [-0.3, -0.25) is 4.79 Å². The zero-order valence-corrected chi connectivity index (χ0v) is 17.9. The summed E-state index contributed by atoms with van der Waals surface area (Å²) in [5.74, 6) is -0.871. The summed E-state index contributed by atoms with van der Waals surface area (Å²) in [5.41, 5.74) is 4.38. The summed E-state index contributed by atoms with van der Waals surface area (Å²) in [7, 11) is -3.85. The highest BCUT2D eigenvalue weighted by Gasteiger charge is 2.33. The summed E-state index contributed by atoms with van der Waals surface area (Å²) in [6, 6.07) is 13.9. The second-order valence-corrected chi connectivity index (χ2v) is 9.98. The first-order chi connectivity index (χ1) is 15.0. The number of thiazole rings is 1. The van der Waals surface area contributed by atoms with E-state index in [1.54, 1.807) is 34.7 Å². The van der Waals surface area contributed by atoms with Crippen LogP contribution in [0.25, 0.3) is 10.2 Å². The molecule has 2 aromatic carbocycles. The lowest BCUT2D eigenvalue weighted by atomic mass is 9.98. The van der Waals surface area contributed by atoms with E-state index in [4.69, 9.17) is 0 Å². The molecule has 0 unspecified atom stereocenters. The molecule has 5 rings (SSSR count). The SMILES string of the molecule is O=C([C@@H](CO)c1ccccc1)N1Cc2cn(S(=O)(=O)c3ccc4ncsc4c3)nc2C1. The third-order valence-electron chi connectivity index (χ3n) is 5.40. The molecule has 4 aromatic rings. The van der Waals surface area contributed by atoms with E-state index in [0.717, 1.165) is 19.9 Å². The van der Waals surface area contributed by atoms with Crippen LogP contribution in [-0.2, 0) is 27.9 Å². The number of carbonyl (C=O) groups is 1. The van der Waals surface area contributed by atoms with Crippen molar-refractivity contribution in [2.24, 2.45) is 0 Å². The van der Waals surface area contributed by atoms with Crippen molar-refractivity contribution in [1.82, 2.24) is 19.1 Å². The third kappa shape index (κ3) is 3.42. The average Bonchev–Trinajstić information content (AvgIpc) is 3.49. The van der Waals surface area contributed by atoms with E-state index in [9.17, 15) is 18.3 Å². The Morgan fingerprint density at radius 3 is 2.71 bits per heavy atom. The molecule has 8 nitrogen and oxygen atoms in total. The van der Waals surface area contributed by atoms with E-state index in [1.165, 1.54) is 23.6 Å². The van der Waals surface area contributed by atoms with Gasteiger partial charge in [-0.1, -0.05) is 30.3 Å². The van der Waals surface area contributed by atoms with Crippen LogP contribution in [0.15, 0.2) is 65.1 Å². The highest BCUT2D eigenvalue weighted by atomic mass is 32.2. The number of amides is 1. The van der Waals surface area contributed by atoms with Crippen LogP contribution in [0, 0.1) is 0 Å². The Kier molecular flexibility index (Phi) is 4.84. The number of nitrogens with zero attached hydrogens (tertiary/aromatic N) is 4. The van der Waals surface area contributed by atoms with Gasteiger partial charge in [-0.25, -0.2) is 4.98 Å². The molecule has 1 N–H and O–H groups in total. The van der Waals surface area contributed by atoms with Crippen molar-refractivity contribution in [2.75, 3.05) is 6.61 Å². The van der Waals surface area contributed by atoms with Crippen LogP contribution in [-0.4, -0.2) is 45.1 Å². The first-order valence-corrected chi connectivity index (χ1v) is 11.9. The number of aliphatic hydroxyl groups is 1. The van der Waals surface area contributed by atoms with Crippen molar-refractivity contribution < 1.29 is 18.3 Å². The topological polar surface area (TPSA) is 105 Å². The van der Waals surface area contributed by atoms with Crippen molar-refractivity contribution in [3.63, 3.8) is 0 Å². The summed E-state index contributed by atoms with van der Waals surface area (Å²) < 4.78 is 27.8. The minimum absolute atomic E-state index is 0.141. The molecule has 0 bridgehead atoms. The molecule has 0 saturated carbocycles. The van der Waals surface area contributed by atoms with Gasteiger partial charge < -0.3 is 10.0 Å². The minimum Gasteiger partial charge on any atom is -0.395 e. The van der Waals surface area contributed by atoms with Crippen molar-refractivity contribution in [2.45, 2.75) is 23.9 Å². The van der Waals surface area contributed by atoms with E-state index in [0.29, 0.717) is 11.3 Å². The smallest absolute Gasteiger partial charge is 0.283 e. The van der Waals surface area contributed by atoms with Crippen LogP contribution in [0.3, 0.4) is 0 Å². The lowest BCUT2D eigenvalue weighted by Gasteiger charge is -2.22. The van der Waals surface area contributed by atoms with Gasteiger partial charge in [0.05, 0.1) is 45.4 Å². The molecule has 1 amide bonds. The van der Waals surface area contributed by atoms with Crippen molar-refractivity contribution in [3.05, 3.63) is 77.1 Å². The van der Waals surface area contributed by atoms with Gasteiger partial charge in [0.2, 0.25) is 5.91 Å². The Labute approximate surface area is 182 Å².